The van der Waals surface area contributed by atoms with Gasteiger partial charge in [0.25, 0.3) is 0 Å². The molecule has 1 heterocycles. The van der Waals surface area contributed by atoms with Gasteiger partial charge in [0.2, 0.25) is 0 Å². The summed E-state index contributed by atoms with van der Waals surface area (Å²) in [6.45, 7) is 0.248. The highest BCUT2D eigenvalue weighted by Gasteiger charge is 2.05. The van der Waals surface area contributed by atoms with Crippen molar-refractivity contribution in [2.75, 3.05) is 11.5 Å². The van der Waals surface area contributed by atoms with E-state index in [2.05, 4.69) is 9.97 Å². The Balaban J connectivity index is 1.84. The number of nitrogens with zero attached hydrogens (tertiary/aromatic N) is 2. The first-order valence-corrected chi connectivity index (χ1v) is 6.22. The largest absolute Gasteiger partial charge is 0.486 e. The van der Waals surface area contributed by atoms with Gasteiger partial charge in [0, 0.05) is 17.1 Å². The van der Waals surface area contributed by atoms with Crippen LogP contribution in [0, 0.1) is 0 Å². The number of hydrogen-bond acceptors (Lipinski definition) is 5. The van der Waals surface area contributed by atoms with Gasteiger partial charge < -0.3 is 16.2 Å². The van der Waals surface area contributed by atoms with Crippen molar-refractivity contribution >= 4 is 22.4 Å². The summed E-state index contributed by atoms with van der Waals surface area (Å²) in [6.07, 6.45) is 0. The molecule has 0 bridgehead atoms. The lowest BCUT2D eigenvalue weighted by atomic mass is 10.2. The van der Waals surface area contributed by atoms with Gasteiger partial charge in [-0.25, -0.2) is 9.97 Å². The van der Waals surface area contributed by atoms with Crippen LogP contribution in [-0.2, 0) is 6.61 Å². The van der Waals surface area contributed by atoms with E-state index in [-0.39, 0.29) is 6.61 Å². The molecule has 0 atom stereocenters. The Labute approximate surface area is 116 Å². The molecule has 0 saturated carbocycles. The summed E-state index contributed by atoms with van der Waals surface area (Å²) in [5.74, 6) is 1.69. The standard InChI is InChI=1S/C15H14N4O/c16-10-4-3-5-11(8-10)20-9-14-18-13-7-2-1-6-12(13)15(17)19-14/h1-8H,9,16H2,(H2,17,18,19). The fraction of sp³-hybridized carbons (Fsp3) is 0.0667. The van der Waals surface area contributed by atoms with E-state index < -0.39 is 0 Å². The predicted octanol–water partition coefficient (Wildman–Crippen LogP) is 2.37. The zero-order valence-corrected chi connectivity index (χ0v) is 10.8. The molecule has 100 valence electrons. The second-order valence-corrected chi connectivity index (χ2v) is 4.40. The van der Waals surface area contributed by atoms with Crippen LogP contribution in [0.15, 0.2) is 48.5 Å². The topological polar surface area (TPSA) is 87.0 Å². The summed E-state index contributed by atoms with van der Waals surface area (Å²) in [4.78, 5) is 8.68. The summed E-state index contributed by atoms with van der Waals surface area (Å²) < 4.78 is 5.62. The Morgan fingerprint density at radius 2 is 1.80 bits per heavy atom. The molecular formula is C15H14N4O. The van der Waals surface area contributed by atoms with E-state index in [0.29, 0.717) is 23.1 Å². The number of hydrogen-bond donors (Lipinski definition) is 2. The summed E-state index contributed by atoms with van der Waals surface area (Å²) in [6, 6.07) is 14.8. The average molecular weight is 266 g/mol. The van der Waals surface area contributed by atoms with Crippen LogP contribution >= 0.6 is 0 Å². The Morgan fingerprint density at radius 1 is 0.950 bits per heavy atom. The molecule has 0 radical (unpaired) electrons. The van der Waals surface area contributed by atoms with Crippen molar-refractivity contribution in [2.24, 2.45) is 0 Å². The van der Waals surface area contributed by atoms with E-state index in [1.807, 2.05) is 36.4 Å². The summed E-state index contributed by atoms with van der Waals surface area (Å²) in [5.41, 5.74) is 13.1. The molecule has 3 rings (SSSR count). The first-order chi connectivity index (χ1) is 9.72. The third-order valence-corrected chi connectivity index (χ3v) is 2.91. The molecule has 20 heavy (non-hydrogen) atoms. The summed E-state index contributed by atoms with van der Waals surface area (Å²) >= 11 is 0. The monoisotopic (exact) mass is 266 g/mol. The molecule has 1 aromatic heterocycles. The first-order valence-electron chi connectivity index (χ1n) is 6.22. The molecule has 0 aliphatic heterocycles. The van der Waals surface area contributed by atoms with Crippen LogP contribution < -0.4 is 16.2 Å². The molecule has 0 spiro atoms. The third-order valence-electron chi connectivity index (χ3n) is 2.91. The number of aromatic nitrogens is 2. The molecular weight excluding hydrogens is 252 g/mol. The molecule has 5 heteroatoms. The fourth-order valence-electron chi connectivity index (χ4n) is 1.97. The van der Waals surface area contributed by atoms with Gasteiger partial charge in [-0.15, -0.1) is 0 Å². The normalized spacial score (nSPS) is 10.6. The van der Waals surface area contributed by atoms with Gasteiger partial charge >= 0.3 is 0 Å². The highest BCUT2D eigenvalue weighted by Crippen LogP contribution is 2.19. The minimum atomic E-state index is 0.248. The lowest BCUT2D eigenvalue weighted by molar-refractivity contribution is 0.297. The van der Waals surface area contributed by atoms with Crippen molar-refractivity contribution < 1.29 is 4.74 Å². The summed E-state index contributed by atoms with van der Waals surface area (Å²) in [7, 11) is 0. The lowest BCUT2D eigenvalue weighted by Gasteiger charge is -2.08. The molecule has 0 saturated heterocycles. The van der Waals surface area contributed by atoms with Crippen molar-refractivity contribution in [3.05, 3.63) is 54.4 Å². The maximum atomic E-state index is 5.92. The second-order valence-electron chi connectivity index (χ2n) is 4.40. The Kier molecular flexibility index (Phi) is 3.09. The van der Waals surface area contributed by atoms with E-state index in [9.17, 15) is 0 Å². The number of nitrogens with two attached hydrogens (primary N) is 2. The van der Waals surface area contributed by atoms with Crippen LogP contribution in [0.4, 0.5) is 11.5 Å². The minimum absolute atomic E-state index is 0.248. The van der Waals surface area contributed by atoms with Crippen molar-refractivity contribution in [1.82, 2.24) is 9.97 Å². The molecule has 4 N–H and O–H groups in total. The highest BCUT2D eigenvalue weighted by molar-refractivity contribution is 5.87. The fourth-order valence-corrected chi connectivity index (χ4v) is 1.97. The van der Waals surface area contributed by atoms with Crippen LogP contribution in [0.2, 0.25) is 0 Å². The number of benzene rings is 2. The quantitative estimate of drug-likeness (QED) is 0.711. The first kappa shape index (κ1) is 12.2. The number of fused-ring (bicyclic) bond motifs is 1. The number of nitrogen functional groups attached to an aromatic ring is 2. The van der Waals surface area contributed by atoms with Crippen molar-refractivity contribution in [3.63, 3.8) is 0 Å². The minimum Gasteiger partial charge on any atom is -0.486 e. The Morgan fingerprint density at radius 3 is 2.65 bits per heavy atom. The van der Waals surface area contributed by atoms with E-state index >= 15 is 0 Å². The molecule has 0 aliphatic rings. The Hall–Kier alpha value is -2.82. The van der Waals surface area contributed by atoms with Crippen LogP contribution in [0.3, 0.4) is 0 Å². The summed E-state index contributed by atoms with van der Waals surface area (Å²) in [5, 5.41) is 0.847. The van der Waals surface area contributed by atoms with Gasteiger partial charge in [0.05, 0.1) is 5.52 Å². The molecule has 0 fully saturated rings. The molecule has 5 nitrogen and oxygen atoms in total. The number of ether oxygens (including phenoxy) is 1. The molecule has 0 unspecified atom stereocenters. The van der Waals surface area contributed by atoms with Crippen molar-refractivity contribution in [3.8, 4) is 5.75 Å². The maximum absolute atomic E-state index is 5.92. The Bertz CT molecular complexity index is 758. The van der Waals surface area contributed by atoms with Gasteiger partial charge in [0.15, 0.2) is 5.82 Å². The van der Waals surface area contributed by atoms with Gasteiger partial charge in [-0.2, -0.15) is 0 Å². The maximum Gasteiger partial charge on any atom is 0.168 e. The van der Waals surface area contributed by atoms with Crippen LogP contribution in [0.5, 0.6) is 5.75 Å². The smallest absolute Gasteiger partial charge is 0.168 e. The predicted molar refractivity (Wildman–Crippen MR) is 79.1 cm³/mol. The molecule has 3 aromatic rings. The second kappa shape index (κ2) is 5.05. The number of anilines is 2. The van der Waals surface area contributed by atoms with Crippen LogP contribution in [0.1, 0.15) is 5.82 Å². The average Bonchev–Trinajstić information content (AvgIpc) is 2.45. The number of para-hydroxylation sites is 1. The van der Waals surface area contributed by atoms with E-state index in [1.165, 1.54) is 0 Å². The van der Waals surface area contributed by atoms with Gasteiger partial charge in [-0.3, -0.25) is 0 Å². The van der Waals surface area contributed by atoms with Crippen molar-refractivity contribution in [2.45, 2.75) is 6.61 Å². The van der Waals surface area contributed by atoms with E-state index in [1.54, 1.807) is 12.1 Å². The van der Waals surface area contributed by atoms with Gasteiger partial charge in [-0.05, 0) is 24.3 Å². The van der Waals surface area contributed by atoms with Crippen LogP contribution in [-0.4, -0.2) is 9.97 Å². The van der Waals surface area contributed by atoms with Crippen molar-refractivity contribution in [1.29, 1.82) is 0 Å². The SMILES string of the molecule is Nc1cccc(OCc2nc(N)c3ccccc3n2)c1. The lowest BCUT2D eigenvalue weighted by Crippen LogP contribution is -2.05. The van der Waals surface area contributed by atoms with E-state index in [0.717, 1.165) is 10.9 Å². The third kappa shape index (κ3) is 2.47. The molecule has 0 amide bonds. The molecule has 2 aromatic carbocycles. The van der Waals surface area contributed by atoms with Gasteiger partial charge in [0.1, 0.15) is 18.2 Å². The zero-order chi connectivity index (χ0) is 13.9. The van der Waals surface area contributed by atoms with E-state index in [4.69, 9.17) is 16.2 Å². The number of rotatable bonds is 3. The molecule has 0 aliphatic carbocycles. The zero-order valence-electron chi connectivity index (χ0n) is 10.8. The van der Waals surface area contributed by atoms with Crippen LogP contribution in [0.25, 0.3) is 10.9 Å². The highest BCUT2D eigenvalue weighted by atomic mass is 16.5. The van der Waals surface area contributed by atoms with Gasteiger partial charge in [-0.1, -0.05) is 18.2 Å².